The highest BCUT2D eigenvalue weighted by atomic mass is 16.5. The molecule has 1 unspecified atom stereocenters. The number of carbonyl (C=O) groups is 1. The van der Waals surface area contributed by atoms with Gasteiger partial charge < -0.3 is 15.4 Å². The van der Waals surface area contributed by atoms with Gasteiger partial charge in [0, 0.05) is 20.2 Å². The number of hydrogen-bond acceptors (Lipinski definition) is 3. The van der Waals surface area contributed by atoms with E-state index < -0.39 is 0 Å². The van der Waals surface area contributed by atoms with Crippen LogP contribution in [0.4, 0.5) is 0 Å². The molecule has 0 aliphatic carbocycles. The van der Waals surface area contributed by atoms with Gasteiger partial charge in [-0.1, -0.05) is 0 Å². The van der Waals surface area contributed by atoms with Gasteiger partial charge in [-0.15, -0.1) is 0 Å². The summed E-state index contributed by atoms with van der Waals surface area (Å²) < 4.78 is 5.53. The highest BCUT2D eigenvalue weighted by Gasteiger charge is 2.19. The van der Waals surface area contributed by atoms with Gasteiger partial charge in [0.05, 0.1) is 12.5 Å². The molecule has 1 aliphatic heterocycles. The van der Waals surface area contributed by atoms with E-state index in [2.05, 4.69) is 0 Å². The number of ether oxygens (including phenoxy) is 1. The molecular formula is C11H22N2O2. The minimum Gasteiger partial charge on any atom is -0.378 e. The van der Waals surface area contributed by atoms with E-state index in [9.17, 15) is 4.79 Å². The Hall–Kier alpha value is -0.610. The summed E-state index contributed by atoms with van der Waals surface area (Å²) in [7, 11) is 1.83. The van der Waals surface area contributed by atoms with E-state index >= 15 is 0 Å². The summed E-state index contributed by atoms with van der Waals surface area (Å²) in [5.41, 5.74) is 5.40. The topological polar surface area (TPSA) is 55.6 Å². The Kier molecular flexibility index (Phi) is 5.65. The Morgan fingerprint density at radius 1 is 1.53 bits per heavy atom. The Labute approximate surface area is 91.8 Å². The lowest BCUT2D eigenvalue weighted by atomic mass is 10.1. The second-order valence-corrected chi connectivity index (χ2v) is 4.15. The van der Waals surface area contributed by atoms with E-state index in [0.29, 0.717) is 13.0 Å². The molecule has 0 saturated carbocycles. The minimum absolute atomic E-state index is 0.145. The first-order valence-electron chi connectivity index (χ1n) is 5.79. The Morgan fingerprint density at radius 2 is 2.33 bits per heavy atom. The van der Waals surface area contributed by atoms with E-state index in [-0.39, 0.29) is 12.0 Å². The van der Waals surface area contributed by atoms with Gasteiger partial charge in [0.25, 0.3) is 0 Å². The van der Waals surface area contributed by atoms with Gasteiger partial charge in [0.2, 0.25) is 5.91 Å². The second-order valence-electron chi connectivity index (χ2n) is 4.15. The third-order valence-electron chi connectivity index (χ3n) is 2.80. The predicted octanol–water partition coefficient (Wildman–Crippen LogP) is 0.753. The molecule has 1 aliphatic rings. The summed E-state index contributed by atoms with van der Waals surface area (Å²) in [6.07, 6.45) is 4.88. The first-order chi connectivity index (χ1) is 7.24. The van der Waals surface area contributed by atoms with Gasteiger partial charge in [0.15, 0.2) is 0 Å². The molecule has 15 heavy (non-hydrogen) atoms. The molecule has 1 saturated heterocycles. The molecule has 1 atom stereocenters. The minimum atomic E-state index is 0.145. The molecule has 88 valence electrons. The number of hydrogen-bond donors (Lipinski definition) is 1. The maximum absolute atomic E-state index is 11.7. The van der Waals surface area contributed by atoms with Crippen molar-refractivity contribution in [3.8, 4) is 0 Å². The van der Waals surface area contributed by atoms with Crippen molar-refractivity contribution in [3.63, 3.8) is 0 Å². The molecule has 1 rings (SSSR count). The standard InChI is InChI=1S/C11H22N2O2/c1-13(7-4-6-12)11(14)9-10-5-2-3-8-15-10/h10H,2-9,12H2,1H3. The van der Waals surface area contributed by atoms with Crippen LogP contribution in [0.5, 0.6) is 0 Å². The fourth-order valence-electron chi connectivity index (χ4n) is 1.77. The van der Waals surface area contributed by atoms with Crippen molar-refractivity contribution >= 4 is 5.91 Å². The van der Waals surface area contributed by atoms with Crippen LogP contribution in [-0.4, -0.2) is 43.7 Å². The molecule has 1 fully saturated rings. The monoisotopic (exact) mass is 214 g/mol. The van der Waals surface area contributed by atoms with Gasteiger partial charge in [0.1, 0.15) is 0 Å². The SMILES string of the molecule is CN(CCCN)C(=O)CC1CCCCO1. The van der Waals surface area contributed by atoms with Crippen LogP contribution in [0.15, 0.2) is 0 Å². The summed E-state index contributed by atoms with van der Waals surface area (Å²) in [6, 6.07) is 0. The average molecular weight is 214 g/mol. The number of nitrogens with two attached hydrogens (primary N) is 1. The molecule has 1 amide bonds. The molecule has 0 aromatic carbocycles. The zero-order chi connectivity index (χ0) is 11.1. The third kappa shape index (κ3) is 4.62. The quantitative estimate of drug-likeness (QED) is 0.735. The van der Waals surface area contributed by atoms with Crippen LogP contribution in [0.3, 0.4) is 0 Å². The third-order valence-corrected chi connectivity index (χ3v) is 2.80. The van der Waals surface area contributed by atoms with E-state index in [1.807, 2.05) is 7.05 Å². The fourth-order valence-corrected chi connectivity index (χ4v) is 1.77. The molecule has 0 radical (unpaired) electrons. The molecular weight excluding hydrogens is 192 g/mol. The van der Waals surface area contributed by atoms with Crippen LogP contribution in [-0.2, 0) is 9.53 Å². The normalized spacial score (nSPS) is 21.3. The molecule has 4 heteroatoms. The van der Waals surface area contributed by atoms with Gasteiger partial charge >= 0.3 is 0 Å². The number of nitrogens with zero attached hydrogens (tertiary/aromatic N) is 1. The van der Waals surface area contributed by atoms with Gasteiger partial charge in [-0.2, -0.15) is 0 Å². The molecule has 0 aromatic heterocycles. The highest BCUT2D eigenvalue weighted by molar-refractivity contribution is 5.76. The van der Waals surface area contributed by atoms with Gasteiger partial charge in [-0.05, 0) is 32.2 Å². The zero-order valence-corrected chi connectivity index (χ0v) is 9.58. The van der Waals surface area contributed by atoms with Crippen LogP contribution in [0.25, 0.3) is 0 Å². The highest BCUT2D eigenvalue weighted by Crippen LogP contribution is 2.16. The van der Waals surface area contributed by atoms with Crippen molar-refractivity contribution in [2.45, 2.75) is 38.2 Å². The summed E-state index contributed by atoms with van der Waals surface area (Å²) in [5, 5.41) is 0. The van der Waals surface area contributed by atoms with Crippen molar-refractivity contribution in [2.24, 2.45) is 5.73 Å². The molecule has 0 spiro atoms. The summed E-state index contributed by atoms with van der Waals surface area (Å²) in [4.78, 5) is 13.5. The van der Waals surface area contributed by atoms with Crippen LogP contribution in [0.1, 0.15) is 32.1 Å². The van der Waals surface area contributed by atoms with Crippen molar-refractivity contribution < 1.29 is 9.53 Å². The molecule has 2 N–H and O–H groups in total. The number of carbonyl (C=O) groups excluding carboxylic acids is 1. The van der Waals surface area contributed by atoms with Crippen LogP contribution < -0.4 is 5.73 Å². The van der Waals surface area contributed by atoms with Crippen LogP contribution in [0.2, 0.25) is 0 Å². The maximum atomic E-state index is 11.7. The molecule has 0 bridgehead atoms. The maximum Gasteiger partial charge on any atom is 0.224 e. The first kappa shape index (κ1) is 12.5. The van der Waals surface area contributed by atoms with Crippen molar-refractivity contribution in [3.05, 3.63) is 0 Å². The molecule has 1 heterocycles. The lowest BCUT2D eigenvalue weighted by Crippen LogP contribution is -2.33. The van der Waals surface area contributed by atoms with Gasteiger partial charge in [-0.3, -0.25) is 4.79 Å². The largest absolute Gasteiger partial charge is 0.378 e. The number of amides is 1. The van der Waals surface area contributed by atoms with Crippen molar-refractivity contribution in [2.75, 3.05) is 26.7 Å². The van der Waals surface area contributed by atoms with E-state index in [1.54, 1.807) is 4.90 Å². The smallest absolute Gasteiger partial charge is 0.224 e. The molecule has 4 nitrogen and oxygen atoms in total. The van der Waals surface area contributed by atoms with E-state index in [4.69, 9.17) is 10.5 Å². The van der Waals surface area contributed by atoms with Gasteiger partial charge in [-0.25, -0.2) is 0 Å². The fraction of sp³-hybridized carbons (Fsp3) is 0.909. The molecule has 0 aromatic rings. The van der Waals surface area contributed by atoms with Crippen molar-refractivity contribution in [1.82, 2.24) is 4.90 Å². The predicted molar refractivity (Wildman–Crippen MR) is 59.5 cm³/mol. The summed E-state index contributed by atoms with van der Waals surface area (Å²) >= 11 is 0. The average Bonchev–Trinajstić information content (AvgIpc) is 2.27. The number of rotatable bonds is 5. The van der Waals surface area contributed by atoms with Crippen molar-refractivity contribution in [1.29, 1.82) is 0 Å². The van der Waals surface area contributed by atoms with Crippen LogP contribution >= 0.6 is 0 Å². The Morgan fingerprint density at radius 3 is 2.93 bits per heavy atom. The second kappa shape index (κ2) is 6.80. The first-order valence-corrected chi connectivity index (χ1v) is 5.79. The summed E-state index contributed by atoms with van der Waals surface area (Å²) in [5.74, 6) is 0.176. The Bertz CT molecular complexity index is 191. The summed E-state index contributed by atoms with van der Waals surface area (Å²) in [6.45, 7) is 2.20. The lowest BCUT2D eigenvalue weighted by molar-refractivity contribution is -0.133. The van der Waals surface area contributed by atoms with Crippen LogP contribution in [0, 0.1) is 0 Å². The van der Waals surface area contributed by atoms with E-state index in [1.165, 1.54) is 6.42 Å². The lowest BCUT2D eigenvalue weighted by Gasteiger charge is -2.24. The Balaban J connectivity index is 2.20. The zero-order valence-electron chi connectivity index (χ0n) is 9.58. The van der Waals surface area contributed by atoms with E-state index in [0.717, 1.165) is 32.4 Å².